The van der Waals surface area contributed by atoms with Crippen molar-refractivity contribution in [2.24, 2.45) is 0 Å². The van der Waals surface area contributed by atoms with Crippen LogP contribution >= 0.6 is 0 Å². The van der Waals surface area contributed by atoms with E-state index in [9.17, 15) is 15.3 Å². The SMILES string of the molecule is Oc1cc(O)c2c(c1)C1(Oc3cccc4cccc(c34)O1)[C@@H]1O[C@@H]1[C@@H]2O. The minimum Gasteiger partial charge on any atom is -0.508 e. The van der Waals surface area contributed by atoms with Crippen molar-refractivity contribution in [3.63, 3.8) is 0 Å². The van der Waals surface area contributed by atoms with Gasteiger partial charge in [-0.3, -0.25) is 0 Å². The fourth-order valence-electron chi connectivity index (χ4n) is 4.23. The Labute approximate surface area is 147 Å². The van der Waals surface area contributed by atoms with Crippen molar-refractivity contribution in [2.45, 2.75) is 24.1 Å². The first-order chi connectivity index (χ1) is 12.6. The predicted octanol–water partition coefficient (Wildman–Crippen LogP) is 2.69. The largest absolute Gasteiger partial charge is 0.508 e. The zero-order valence-corrected chi connectivity index (χ0v) is 13.4. The molecule has 1 saturated heterocycles. The lowest BCUT2D eigenvalue weighted by Gasteiger charge is -2.41. The third-order valence-electron chi connectivity index (χ3n) is 5.38. The smallest absolute Gasteiger partial charge is 0.307 e. The quantitative estimate of drug-likeness (QED) is 0.540. The van der Waals surface area contributed by atoms with Crippen molar-refractivity contribution in [3.05, 3.63) is 59.7 Å². The first kappa shape index (κ1) is 14.2. The molecule has 6 heteroatoms. The zero-order chi connectivity index (χ0) is 17.6. The fraction of sp³-hybridized carbons (Fsp3) is 0.200. The molecule has 3 aromatic carbocycles. The van der Waals surface area contributed by atoms with Gasteiger partial charge in [0, 0.05) is 11.6 Å². The first-order valence-electron chi connectivity index (χ1n) is 8.38. The van der Waals surface area contributed by atoms with Crippen molar-refractivity contribution in [3.8, 4) is 23.0 Å². The molecule has 0 saturated carbocycles. The molecule has 1 aliphatic carbocycles. The molecule has 1 fully saturated rings. The van der Waals surface area contributed by atoms with E-state index in [1.165, 1.54) is 12.1 Å². The van der Waals surface area contributed by atoms with E-state index < -0.39 is 24.1 Å². The first-order valence-corrected chi connectivity index (χ1v) is 8.38. The molecule has 6 rings (SSSR count). The van der Waals surface area contributed by atoms with E-state index in [2.05, 4.69) is 0 Å². The number of phenols is 2. The molecule has 0 unspecified atom stereocenters. The van der Waals surface area contributed by atoms with Crippen LogP contribution in [0.15, 0.2) is 48.5 Å². The Bertz CT molecular complexity index is 1050. The summed E-state index contributed by atoms with van der Waals surface area (Å²) >= 11 is 0. The fourth-order valence-corrected chi connectivity index (χ4v) is 4.23. The van der Waals surface area contributed by atoms with Crippen LogP contribution < -0.4 is 9.47 Å². The van der Waals surface area contributed by atoms with Crippen LogP contribution in [0.5, 0.6) is 23.0 Å². The van der Waals surface area contributed by atoms with Gasteiger partial charge in [-0.25, -0.2) is 0 Å². The summed E-state index contributed by atoms with van der Waals surface area (Å²) < 4.78 is 18.3. The number of aliphatic hydroxyl groups excluding tert-OH is 1. The van der Waals surface area contributed by atoms with Gasteiger partial charge in [0.15, 0.2) is 6.10 Å². The van der Waals surface area contributed by atoms with Gasteiger partial charge < -0.3 is 29.5 Å². The average Bonchev–Trinajstić information content (AvgIpc) is 3.42. The molecule has 3 aromatic rings. The maximum absolute atomic E-state index is 10.5. The number of hydrogen-bond donors (Lipinski definition) is 3. The number of epoxide rings is 1. The highest BCUT2D eigenvalue weighted by atomic mass is 16.8. The van der Waals surface area contributed by atoms with Crippen molar-refractivity contribution < 1.29 is 29.5 Å². The third kappa shape index (κ3) is 1.58. The number of hydrogen-bond acceptors (Lipinski definition) is 6. The molecule has 3 N–H and O–H groups in total. The summed E-state index contributed by atoms with van der Waals surface area (Å²) in [5, 5.41) is 32.7. The van der Waals surface area contributed by atoms with Gasteiger partial charge in [0.25, 0.3) is 0 Å². The van der Waals surface area contributed by atoms with Crippen molar-refractivity contribution in [1.29, 1.82) is 0 Å². The molecule has 3 aliphatic rings. The lowest BCUT2D eigenvalue weighted by atomic mass is 9.83. The van der Waals surface area contributed by atoms with Gasteiger partial charge in [0.1, 0.15) is 35.2 Å². The van der Waals surface area contributed by atoms with Crippen LogP contribution in [-0.2, 0) is 10.5 Å². The lowest BCUT2D eigenvalue weighted by molar-refractivity contribution is -0.148. The summed E-state index contributed by atoms with van der Waals surface area (Å²) in [7, 11) is 0. The molecule has 3 atom stereocenters. The Morgan fingerprint density at radius 1 is 0.923 bits per heavy atom. The standard InChI is InChI=1S/C20H14O6/c21-10-7-11-16(12(22)8-10)17(23)18-19(24-18)20(11)25-13-5-1-3-9-4-2-6-14(26-20)15(9)13/h1-8,17-19,21-23H/t17-,18-,19-/m1/s1. The average molecular weight is 350 g/mol. The highest BCUT2D eigenvalue weighted by Gasteiger charge is 2.69. The summed E-state index contributed by atoms with van der Waals surface area (Å²) in [6.07, 6.45) is -2.10. The normalized spacial score (nSPS) is 26.6. The summed E-state index contributed by atoms with van der Waals surface area (Å²) in [6.45, 7) is 0. The maximum Gasteiger partial charge on any atom is 0.307 e. The monoisotopic (exact) mass is 350 g/mol. The molecule has 0 amide bonds. The molecule has 0 aromatic heterocycles. The van der Waals surface area contributed by atoms with E-state index in [1.807, 2.05) is 36.4 Å². The Morgan fingerprint density at radius 3 is 2.31 bits per heavy atom. The number of rotatable bonds is 0. The van der Waals surface area contributed by atoms with Gasteiger partial charge in [-0.1, -0.05) is 24.3 Å². The number of fused-ring (bicyclic) bond motifs is 4. The van der Waals surface area contributed by atoms with Crippen molar-refractivity contribution in [2.75, 3.05) is 0 Å². The topological polar surface area (TPSA) is 91.7 Å². The Hall–Kier alpha value is -2.96. The zero-order valence-electron chi connectivity index (χ0n) is 13.4. The molecule has 1 spiro atoms. The van der Waals surface area contributed by atoms with Gasteiger partial charge in [0.05, 0.1) is 10.9 Å². The second kappa shape index (κ2) is 4.41. The number of phenolic OH excluding ortho intramolecular Hbond substituents is 2. The molecule has 0 radical (unpaired) electrons. The van der Waals surface area contributed by atoms with Gasteiger partial charge in [-0.2, -0.15) is 0 Å². The number of benzene rings is 3. The van der Waals surface area contributed by atoms with E-state index in [0.717, 1.165) is 10.8 Å². The van der Waals surface area contributed by atoms with Crippen LogP contribution in [0.3, 0.4) is 0 Å². The minimum atomic E-state index is -1.38. The van der Waals surface area contributed by atoms with Gasteiger partial charge >= 0.3 is 5.79 Å². The van der Waals surface area contributed by atoms with Crippen molar-refractivity contribution in [1.82, 2.24) is 0 Å². The van der Waals surface area contributed by atoms with Gasteiger partial charge in [-0.05, 0) is 23.6 Å². The van der Waals surface area contributed by atoms with Crippen molar-refractivity contribution >= 4 is 10.8 Å². The third-order valence-corrected chi connectivity index (χ3v) is 5.38. The molecule has 0 bridgehead atoms. The second-order valence-electron chi connectivity index (χ2n) is 6.87. The van der Waals surface area contributed by atoms with E-state index in [-0.39, 0.29) is 17.1 Å². The molecule has 130 valence electrons. The van der Waals surface area contributed by atoms with E-state index in [4.69, 9.17) is 14.2 Å². The number of aliphatic hydroxyl groups is 1. The van der Waals surface area contributed by atoms with Gasteiger partial charge in [0.2, 0.25) is 0 Å². The highest BCUT2D eigenvalue weighted by molar-refractivity contribution is 5.94. The van der Waals surface area contributed by atoms with Crippen LogP contribution in [-0.4, -0.2) is 27.5 Å². The Balaban J connectivity index is 1.64. The Morgan fingerprint density at radius 2 is 1.62 bits per heavy atom. The predicted molar refractivity (Wildman–Crippen MR) is 90.3 cm³/mol. The summed E-state index contributed by atoms with van der Waals surface area (Å²) in [6, 6.07) is 14.1. The van der Waals surface area contributed by atoms with E-state index in [0.29, 0.717) is 17.1 Å². The molecule has 2 heterocycles. The number of ether oxygens (including phenoxy) is 3. The highest BCUT2D eigenvalue weighted by Crippen LogP contribution is 2.59. The van der Waals surface area contributed by atoms with Crippen LogP contribution in [0.1, 0.15) is 17.2 Å². The molecule has 2 aliphatic heterocycles. The maximum atomic E-state index is 10.5. The van der Waals surface area contributed by atoms with E-state index in [1.54, 1.807) is 0 Å². The number of aromatic hydroxyl groups is 2. The second-order valence-corrected chi connectivity index (χ2v) is 6.87. The summed E-state index contributed by atoms with van der Waals surface area (Å²) in [5.41, 5.74) is 0.626. The van der Waals surface area contributed by atoms with Crippen LogP contribution in [0, 0.1) is 0 Å². The molecule has 6 nitrogen and oxygen atoms in total. The Kier molecular flexibility index (Phi) is 2.41. The molecule has 26 heavy (non-hydrogen) atoms. The van der Waals surface area contributed by atoms with E-state index >= 15 is 0 Å². The minimum absolute atomic E-state index is 0.142. The molecular weight excluding hydrogens is 336 g/mol. The lowest BCUT2D eigenvalue weighted by Crippen LogP contribution is -2.50. The summed E-state index contributed by atoms with van der Waals surface area (Å²) in [5.74, 6) is -0.480. The van der Waals surface area contributed by atoms with Crippen LogP contribution in [0.4, 0.5) is 0 Å². The summed E-state index contributed by atoms with van der Waals surface area (Å²) in [4.78, 5) is 0. The van der Waals surface area contributed by atoms with Crippen LogP contribution in [0.2, 0.25) is 0 Å². The van der Waals surface area contributed by atoms with Crippen LogP contribution in [0.25, 0.3) is 10.8 Å². The van der Waals surface area contributed by atoms with Gasteiger partial charge in [-0.15, -0.1) is 0 Å². The molecular formula is C20H14O6.